The predicted molar refractivity (Wildman–Crippen MR) is 70.2 cm³/mol. The van der Waals surface area contributed by atoms with Crippen LogP contribution >= 0.6 is 11.6 Å². The fourth-order valence-corrected chi connectivity index (χ4v) is 1.65. The smallest absolute Gasteiger partial charge is 0.258 e. The number of hydrogen-bond donors (Lipinski definition) is 2. The van der Waals surface area contributed by atoms with Crippen LogP contribution in [0, 0.1) is 11.6 Å². The van der Waals surface area contributed by atoms with Crippen molar-refractivity contribution >= 4 is 28.9 Å². The number of carbonyl (C=O) groups is 1. The average Bonchev–Trinajstić information content (AvgIpc) is 2.36. The van der Waals surface area contributed by atoms with Gasteiger partial charge in [0.15, 0.2) is 0 Å². The van der Waals surface area contributed by atoms with Gasteiger partial charge in [0, 0.05) is 0 Å². The van der Waals surface area contributed by atoms with Crippen LogP contribution in [0.2, 0.25) is 5.02 Å². The molecule has 0 radical (unpaired) electrons. The molecule has 2 aromatic rings. The maximum absolute atomic E-state index is 13.5. The monoisotopic (exact) mass is 282 g/mol. The Morgan fingerprint density at radius 3 is 2.53 bits per heavy atom. The fraction of sp³-hybridized carbons (Fsp3) is 0. The van der Waals surface area contributed by atoms with Crippen LogP contribution in [0.1, 0.15) is 10.4 Å². The van der Waals surface area contributed by atoms with E-state index >= 15 is 0 Å². The molecule has 0 spiro atoms. The van der Waals surface area contributed by atoms with Crippen molar-refractivity contribution in [2.24, 2.45) is 0 Å². The number of nitrogens with two attached hydrogens (primary N) is 1. The molecule has 0 heterocycles. The second kappa shape index (κ2) is 5.24. The minimum absolute atomic E-state index is 0.322. The zero-order chi connectivity index (χ0) is 14.0. The maximum Gasteiger partial charge on any atom is 0.258 e. The average molecular weight is 283 g/mol. The molecule has 3 N–H and O–H groups in total. The summed E-state index contributed by atoms with van der Waals surface area (Å²) < 4.78 is 26.8. The first-order valence-corrected chi connectivity index (χ1v) is 5.67. The highest BCUT2D eigenvalue weighted by Gasteiger charge is 2.16. The summed E-state index contributed by atoms with van der Waals surface area (Å²) in [7, 11) is 0. The van der Waals surface area contributed by atoms with Crippen LogP contribution in [0.4, 0.5) is 20.2 Å². The van der Waals surface area contributed by atoms with E-state index < -0.39 is 23.1 Å². The summed E-state index contributed by atoms with van der Waals surface area (Å²) in [4.78, 5) is 11.8. The van der Waals surface area contributed by atoms with Crippen molar-refractivity contribution in [2.45, 2.75) is 0 Å². The van der Waals surface area contributed by atoms with Gasteiger partial charge in [-0.05, 0) is 24.3 Å². The van der Waals surface area contributed by atoms with E-state index in [9.17, 15) is 13.6 Å². The standard InChI is InChI=1S/C13H9ClF2N2O/c14-8-6-9(15)7(5-10(8)16)13(19)18-12-4-2-1-3-11(12)17/h1-6H,17H2,(H,18,19). The quantitative estimate of drug-likeness (QED) is 0.655. The molecule has 3 nitrogen and oxygen atoms in total. The van der Waals surface area contributed by atoms with Gasteiger partial charge < -0.3 is 11.1 Å². The molecular weight excluding hydrogens is 274 g/mol. The van der Waals surface area contributed by atoms with Gasteiger partial charge in [-0.2, -0.15) is 0 Å². The Morgan fingerprint density at radius 1 is 1.16 bits per heavy atom. The van der Waals surface area contributed by atoms with Gasteiger partial charge in [0.05, 0.1) is 22.0 Å². The van der Waals surface area contributed by atoms with Gasteiger partial charge in [-0.25, -0.2) is 8.78 Å². The molecule has 0 aromatic heterocycles. The van der Waals surface area contributed by atoms with Gasteiger partial charge in [-0.1, -0.05) is 23.7 Å². The minimum atomic E-state index is -0.904. The van der Waals surface area contributed by atoms with Crippen molar-refractivity contribution in [3.05, 3.63) is 58.6 Å². The third-order valence-electron chi connectivity index (χ3n) is 2.46. The number of anilines is 2. The van der Waals surface area contributed by atoms with E-state index in [0.29, 0.717) is 11.4 Å². The van der Waals surface area contributed by atoms with Gasteiger partial charge in [-0.15, -0.1) is 0 Å². The van der Waals surface area contributed by atoms with Crippen molar-refractivity contribution in [3.8, 4) is 0 Å². The van der Waals surface area contributed by atoms with Crippen molar-refractivity contribution in [1.29, 1.82) is 0 Å². The number of rotatable bonds is 2. The van der Waals surface area contributed by atoms with E-state index in [1.807, 2.05) is 0 Å². The largest absolute Gasteiger partial charge is 0.397 e. The summed E-state index contributed by atoms with van der Waals surface area (Å²) in [6.07, 6.45) is 0. The zero-order valence-corrected chi connectivity index (χ0v) is 10.3. The molecule has 0 aliphatic rings. The summed E-state index contributed by atoms with van der Waals surface area (Å²) in [6.45, 7) is 0. The minimum Gasteiger partial charge on any atom is -0.397 e. The highest BCUT2D eigenvalue weighted by atomic mass is 35.5. The summed E-state index contributed by atoms with van der Waals surface area (Å²) in [6, 6.07) is 7.97. The van der Waals surface area contributed by atoms with E-state index in [1.165, 1.54) is 0 Å². The number of carbonyl (C=O) groups excluding carboxylic acids is 1. The topological polar surface area (TPSA) is 55.1 Å². The lowest BCUT2D eigenvalue weighted by Gasteiger charge is -2.09. The van der Waals surface area contributed by atoms with Crippen LogP contribution < -0.4 is 11.1 Å². The number of para-hydroxylation sites is 2. The number of hydrogen-bond acceptors (Lipinski definition) is 2. The van der Waals surface area contributed by atoms with E-state index in [4.69, 9.17) is 17.3 Å². The second-order valence-electron chi connectivity index (χ2n) is 3.79. The van der Waals surface area contributed by atoms with E-state index in [1.54, 1.807) is 24.3 Å². The molecule has 0 atom stereocenters. The Balaban J connectivity index is 2.31. The Bertz CT molecular complexity index is 647. The molecule has 98 valence electrons. The van der Waals surface area contributed by atoms with Crippen LogP contribution in [0.5, 0.6) is 0 Å². The SMILES string of the molecule is Nc1ccccc1NC(=O)c1cc(F)c(Cl)cc1F. The van der Waals surface area contributed by atoms with Crippen molar-refractivity contribution in [2.75, 3.05) is 11.1 Å². The lowest BCUT2D eigenvalue weighted by atomic mass is 10.2. The Hall–Kier alpha value is -2.14. The van der Waals surface area contributed by atoms with Crippen LogP contribution in [-0.2, 0) is 0 Å². The van der Waals surface area contributed by atoms with Crippen LogP contribution in [0.25, 0.3) is 0 Å². The van der Waals surface area contributed by atoms with Gasteiger partial charge in [0.1, 0.15) is 11.6 Å². The Morgan fingerprint density at radius 2 is 1.84 bits per heavy atom. The molecule has 0 saturated heterocycles. The lowest BCUT2D eigenvalue weighted by Crippen LogP contribution is -2.15. The van der Waals surface area contributed by atoms with Crippen molar-refractivity contribution < 1.29 is 13.6 Å². The lowest BCUT2D eigenvalue weighted by molar-refractivity contribution is 0.102. The Kier molecular flexibility index (Phi) is 3.66. The summed E-state index contributed by atoms with van der Waals surface area (Å²) in [5, 5.41) is 2.02. The molecule has 2 aromatic carbocycles. The molecule has 6 heteroatoms. The molecule has 0 fully saturated rings. The summed E-state index contributed by atoms with van der Waals surface area (Å²) >= 11 is 5.41. The number of amides is 1. The number of nitrogens with one attached hydrogen (secondary N) is 1. The molecule has 2 rings (SSSR count). The molecule has 0 unspecified atom stereocenters. The fourth-order valence-electron chi connectivity index (χ4n) is 1.50. The van der Waals surface area contributed by atoms with Crippen LogP contribution in [0.3, 0.4) is 0 Å². The predicted octanol–water partition coefficient (Wildman–Crippen LogP) is 3.45. The summed E-state index contributed by atoms with van der Waals surface area (Å²) in [5.74, 6) is -2.57. The van der Waals surface area contributed by atoms with Gasteiger partial charge in [-0.3, -0.25) is 4.79 Å². The van der Waals surface area contributed by atoms with Gasteiger partial charge >= 0.3 is 0 Å². The van der Waals surface area contributed by atoms with Crippen molar-refractivity contribution in [3.63, 3.8) is 0 Å². The molecule has 19 heavy (non-hydrogen) atoms. The third kappa shape index (κ3) is 2.82. The second-order valence-corrected chi connectivity index (χ2v) is 4.19. The Labute approximate surface area is 113 Å². The highest BCUT2D eigenvalue weighted by Crippen LogP contribution is 2.22. The first-order valence-electron chi connectivity index (χ1n) is 5.29. The van der Waals surface area contributed by atoms with E-state index in [-0.39, 0.29) is 5.02 Å². The van der Waals surface area contributed by atoms with Crippen molar-refractivity contribution in [1.82, 2.24) is 0 Å². The van der Waals surface area contributed by atoms with E-state index in [2.05, 4.69) is 5.32 Å². The first-order chi connectivity index (χ1) is 8.99. The zero-order valence-electron chi connectivity index (χ0n) is 9.58. The van der Waals surface area contributed by atoms with Gasteiger partial charge in [0.2, 0.25) is 0 Å². The third-order valence-corrected chi connectivity index (χ3v) is 2.75. The molecule has 0 saturated carbocycles. The van der Waals surface area contributed by atoms with Crippen LogP contribution in [-0.4, -0.2) is 5.91 Å². The molecule has 0 aliphatic carbocycles. The number of halogens is 3. The summed E-state index contributed by atoms with van der Waals surface area (Å²) in [5.41, 5.74) is 5.84. The normalized spacial score (nSPS) is 10.3. The van der Waals surface area contributed by atoms with Crippen LogP contribution in [0.15, 0.2) is 36.4 Å². The molecule has 0 bridgehead atoms. The number of nitrogen functional groups attached to an aromatic ring is 1. The number of benzene rings is 2. The highest BCUT2D eigenvalue weighted by molar-refractivity contribution is 6.30. The maximum atomic E-state index is 13.5. The van der Waals surface area contributed by atoms with E-state index in [0.717, 1.165) is 12.1 Å². The van der Waals surface area contributed by atoms with Gasteiger partial charge in [0.25, 0.3) is 5.91 Å². The molecule has 1 amide bonds. The first kappa shape index (κ1) is 13.3. The molecular formula is C13H9ClF2N2O. The molecule has 0 aliphatic heterocycles.